The van der Waals surface area contributed by atoms with Crippen LogP contribution in [-0.2, 0) is 14.3 Å². The van der Waals surface area contributed by atoms with Gasteiger partial charge in [-0.3, -0.25) is 24.2 Å². The van der Waals surface area contributed by atoms with Gasteiger partial charge in [0.1, 0.15) is 6.04 Å². The maximum absolute atomic E-state index is 13.1. The van der Waals surface area contributed by atoms with Gasteiger partial charge in [-0.2, -0.15) is 5.10 Å². The fraction of sp³-hybridized carbons (Fsp3) is 0.579. The molecule has 2 aromatic heterocycles. The Balaban J connectivity index is 1.53. The zero-order chi connectivity index (χ0) is 21.5. The number of aromatic nitrogens is 3. The van der Waals surface area contributed by atoms with E-state index in [1.54, 1.807) is 23.0 Å². The molecule has 0 radical (unpaired) electrons. The zero-order valence-corrected chi connectivity index (χ0v) is 18.9. The summed E-state index contributed by atoms with van der Waals surface area (Å²) < 4.78 is 7.19. The fourth-order valence-electron chi connectivity index (χ4n) is 3.45. The number of hydrogen-bond donors (Lipinski definition) is 2. The lowest BCUT2D eigenvalue weighted by Crippen LogP contribution is -2.52. The highest BCUT2D eigenvalue weighted by Crippen LogP contribution is 2.26. The number of carbonyl (C=O) groups is 2. The Morgan fingerprint density at radius 3 is 2.80 bits per heavy atom. The highest BCUT2D eigenvalue weighted by Gasteiger charge is 2.28. The van der Waals surface area contributed by atoms with Crippen molar-refractivity contribution in [1.29, 1.82) is 0 Å². The number of aromatic amines is 1. The second-order valence-electron chi connectivity index (χ2n) is 7.17. The minimum atomic E-state index is -0.455. The average molecular weight is 453 g/mol. The van der Waals surface area contributed by atoms with Gasteiger partial charge in [0.2, 0.25) is 11.8 Å². The predicted octanol–water partition coefficient (Wildman–Crippen LogP) is 1.53. The van der Waals surface area contributed by atoms with Crippen molar-refractivity contribution in [3.8, 4) is 10.7 Å². The summed E-state index contributed by atoms with van der Waals surface area (Å²) in [6, 6.07) is 3.45. The number of nitrogens with zero attached hydrogens (tertiary/aromatic N) is 4. The Kier molecular flexibility index (Phi) is 8.14. The van der Waals surface area contributed by atoms with E-state index in [0.717, 1.165) is 11.3 Å². The lowest BCUT2D eigenvalue weighted by atomic mass is 10.2. The van der Waals surface area contributed by atoms with Crippen molar-refractivity contribution in [3.63, 3.8) is 0 Å². The number of carbonyl (C=O) groups excluding carboxylic acids is 2. The largest absolute Gasteiger partial charge is 0.385 e. The van der Waals surface area contributed by atoms with Crippen LogP contribution in [-0.4, -0.2) is 89.4 Å². The van der Waals surface area contributed by atoms with Gasteiger partial charge in [-0.05, 0) is 37.0 Å². The molecular weight excluding hydrogens is 424 g/mol. The van der Waals surface area contributed by atoms with Gasteiger partial charge in [0.15, 0.2) is 10.6 Å². The quantitative estimate of drug-likeness (QED) is 0.443. The lowest BCUT2D eigenvalue weighted by Gasteiger charge is -2.35. The van der Waals surface area contributed by atoms with Gasteiger partial charge in [0, 0.05) is 46.4 Å². The number of ether oxygens (including phenoxy) is 1. The van der Waals surface area contributed by atoms with Crippen molar-refractivity contribution in [1.82, 2.24) is 29.9 Å². The van der Waals surface area contributed by atoms with Crippen LogP contribution in [0.4, 0.5) is 0 Å². The maximum atomic E-state index is 13.1. The normalized spacial score (nSPS) is 15.9. The molecule has 2 amide bonds. The molecule has 1 saturated heterocycles. The minimum absolute atomic E-state index is 0.00420. The molecule has 30 heavy (non-hydrogen) atoms. The summed E-state index contributed by atoms with van der Waals surface area (Å²) in [6.45, 7) is 5.94. The van der Waals surface area contributed by atoms with Gasteiger partial charge in [-0.1, -0.05) is 6.07 Å². The van der Waals surface area contributed by atoms with Crippen LogP contribution in [0.15, 0.2) is 17.5 Å². The standard InChI is InChI=1S/C19H28N6O3S2/c1-14(25-17(21-22-19(25)29)15-5-3-12-30-15)18(27)24-9-7-23(8-10-24)13-16(26)20-6-4-11-28-2/h3,5,12,14H,4,6-11,13H2,1-2H3,(H,20,26)(H,22,29). The summed E-state index contributed by atoms with van der Waals surface area (Å²) in [7, 11) is 1.65. The monoisotopic (exact) mass is 452 g/mol. The number of rotatable bonds is 9. The van der Waals surface area contributed by atoms with Crippen LogP contribution in [0, 0.1) is 4.77 Å². The van der Waals surface area contributed by atoms with Crippen LogP contribution in [0.3, 0.4) is 0 Å². The molecule has 1 aliphatic heterocycles. The Bertz CT molecular complexity index is 886. The van der Waals surface area contributed by atoms with E-state index < -0.39 is 6.04 Å². The second kappa shape index (κ2) is 10.8. The molecule has 0 bridgehead atoms. The van der Waals surface area contributed by atoms with Crippen molar-refractivity contribution in [2.45, 2.75) is 19.4 Å². The lowest BCUT2D eigenvalue weighted by molar-refractivity contribution is -0.136. The van der Waals surface area contributed by atoms with E-state index in [-0.39, 0.29) is 11.8 Å². The summed E-state index contributed by atoms with van der Waals surface area (Å²) in [5.74, 6) is 0.693. The summed E-state index contributed by atoms with van der Waals surface area (Å²) in [4.78, 5) is 30.0. The molecule has 0 spiro atoms. The first-order valence-electron chi connectivity index (χ1n) is 9.98. The molecule has 3 rings (SSSR count). The molecule has 1 fully saturated rings. The van der Waals surface area contributed by atoms with Gasteiger partial charge in [-0.25, -0.2) is 0 Å². The molecule has 164 valence electrons. The maximum Gasteiger partial charge on any atom is 0.245 e. The Morgan fingerprint density at radius 1 is 1.37 bits per heavy atom. The second-order valence-corrected chi connectivity index (χ2v) is 8.51. The molecule has 2 N–H and O–H groups in total. The van der Waals surface area contributed by atoms with Gasteiger partial charge in [0.25, 0.3) is 0 Å². The molecule has 0 aromatic carbocycles. The highest BCUT2D eigenvalue weighted by atomic mass is 32.1. The van der Waals surface area contributed by atoms with Crippen molar-refractivity contribution in [3.05, 3.63) is 22.3 Å². The third kappa shape index (κ3) is 5.54. The number of thiophene rings is 1. The van der Waals surface area contributed by atoms with Crippen LogP contribution >= 0.6 is 23.6 Å². The van der Waals surface area contributed by atoms with E-state index >= 15 is 0 Å². The summed E-state index contributed by atoms with van der Waals surface area (Å²) in [5.41, 5.74) is 0. The molecule has 1 aliphatic rings. The number of hydrogen-bond acceptors (Lipinski definition) is 7. The van der Waals surface area contributed by atoms with E-state index in [2.05, 4.69) is 20.4 Å². The molecule has 0 aliphatic carbocycles. The van der Waals surface area contributed by atoms with Gasteiger partial charge < -0.3 is 15.0 Å². The summed E-state index contributed by atoms with van der Waals surface area (Å²) in [6.07, 6.45) is 0.798. The molecule has 9 nitrogen and oxygen atoms in total. The number of piperazine rings is 1. The van der Waals surface area contributed by atoms with E-state index in [9.17, 15) is 9.59 Å². The molecular formula is C19H28N6O3S2. The molecule has 1 atom stereocenters. The van der Waals surface area contributed by atoms with Crippen LogP contribution in [0.5, 0.6) is 0 Å². The fourth-order valence-corrected chi connectivity index (χ4v) is 4.45. The Hall–Kier alpha value is -2.08. The number of amides is 2. The van der Waals surface area contributed by atoms with Gasteiger partial charge in [0.05, 0.1) is 11.4 Å². The zero-order valence-electron chi connectivity index (χ0n) is 17.3. The Labute approximate surface area is 185 Å². The third-order valence-corrected chi connectivity index (χ3v) is 6.24. The smallest absolute Gasteiger partial charge is 0.245 e. The van der Waals surface area contributed by atoms with E-state index in [1.165, 1.54) is 0 Å². The van der Waals surface area contributed by atoms with Crippen molar-refractivity contribution in [2.24, 2.45) is 0 Å². The van der Waals surface area contributed by atoms with Crippen molar-refractivity contribution >= 4 is 35.4 Å². The van der Waals surface area contributed by atoms with Crippen LogP contribution in [0.1, 0.15) is 19.4 Å². The first kappa shape index (κ1) is 22.6. The number of H-pyrrole nitrogens is 1. The number of nitrogens with one attached hydrogen (secondary N) is 2. The van der Waals surface area contributed by atoms with E-state index in [1.807, 2.05) is 29.3 Å². The molecule has 11 heteroatoms. The topological polar surface area (TPSA) is 95.5 Å². The molecule has 2 aromatic rings. The first-order chi connectivity index (χ1) is 14.5. The Morgan fingerprint density at radius 2 is 2.13 bits per heavy atom. The first-order valence-corrected chi connectivity index (χ1v) is 11.3. The molecule has 0 saturated carbocycles. The van der Waals surface area contributed by atoms with Gasteiger partial charge >= 0.3 is 0 Å². The van der Waals surface area contributed by atoms with Crippen LogP contribution in [0.25, 0.3) is 10.7 Å². The highest BCUT2D eigenvalue weighted by molar-refractivity contribution is 7.71. The van der Waals surface area contributed by atoms with Gasteiger partial charge in [-0.15, -0.1) is 11.3 Å². The summed E-state index contributed by atoms with van der Waals surface area (Å²) >= 11 is 6.94. The molecule has 1 unspecified atom stereocenters. The summed E-state index contributed by atoms with van der Waals surface area (Å²) in [5, 5.41) is 12.0. The van der Waals surface area contributed by atoms with Crippen molar-refractivity contribution in [2.75, 3.05) is 53.0 Å². The van der Waals surface area contributed by atoms with E-state index in [0.29, 0.717) is 56.5 Å². The SMILES string of the molecule is COCCCNC(=O)CN1CCN(C(=O)C(C)n2c(-c3cccs3)n[nH]c2=S)CC1. The molecule has 3 heterocycles. The predicted molar refractivity (Wildman–Crippen MR) is 118 cm³/mol. The minimum Gasteiger partial charge on any atom is -0.385 e. The third-order valence-electron chi connectivity index (χ3n) is 5.09. The van der Waals surface area contributed by atoms with Crippen LogP contribution < -0.4 is 5.32 Å². The van der Waals surface area contributed by atoms with Crippen LogP contribution in [0.2, 0.25) is 0 Å². The number of methoxy groups -OCH3 is 1. The average Bonchev–Trinajstić information content (AvgIpc) is 3.40. The van der Waals surface area contributed by atoms with E-state index in [4.69, 9.17) is 17.0 Å². The van der Waals surface area contributed by atoms with Crippen molar-refractivity contribution < 1.29 is 14.3 Å².